The third-order valence-electron chi connectivity index (χ3n) is 3.79. The van der Waals surface area contributed by atoms with Gasteiger partial charge in [0.1, 0.15) is 5.75 Å². The number of hydrogen-bond donors (Lipinski definition) is 2. The summed E-state index contributed by atoms with van der Waals surface area (Å²) < 4.78 is 5.37. The summed E-state index contributed by atoms with van der Waals surface area (Å²) in [6.45, 7) is 2.72. The predicted octanol–water partition coefficient (Wildman–Crippen LogP) is 4.24. The smallest absolute Gasteiger partial charge is 0.244 e. The summed E-state index contributed by atoms with van der Waals surface area (Å²) in [7, 11) is 1.64. The van der Waals surface area contributed by atoms with Gasteiger partial charge in [-0.1, -0.05) is 29.8 Å². The van der Waals surface area contributed by atoms with E-state index in [1.165, 1.54) is 5.56 Å². The molecule has 0 radical (unpaired) electrons. The van der Waals surface area contributed by atoms with Crippen LogP contribution in [0.25, 0.3) is 0 Å². The highest BCUT2D eigenvalue weighted by Gasteiger charge is 2.06. The predicted molar refractivity (Wildman–Crippen MR) is 104 cm³/mol. The van der Waals surface area contributed by atoms with Crippen LogP contribution in [0.4, 0.5) is 17.5 Å². The number of aromatic nitrogens is 3. The van der Waals surface area contributed by atoms with Crippen molar-refractivity contribution in [2.24, 2.45) is 0 Å². The molecule has 1 heterocycles. The maximum Gasteiger partial charge on any atom is 0.244 e. The van der Waals surface area contributed by atoms with Crippen LogP contribution in [0.5, 0.6) is 5.75 Å². The number of benzene rings is 2. The van der Waals surface area contributed by atoms with Crippen molar-refractivity contribution in [2.45, 2.75) is 13.3 Å². The average Bonchev–Trinajstić information content (AvgIpc) is 2.64. The van der Waals surface area contributed by atoms with Gasteiger partial charge in [0.2, 0.25) is 5.95 Å². The molecule has 0 atom stereocenters. The molecule has 134 valence electrons. The lowest BCUT2D eigenvalue weighted by Gasteiger charge is -2.12. The molecule has 0 fully saturated rings. The van der Waals surface area contributed by atoms with Crippen LogP contribution >= 0.6 is 11.6 Å². The maximum atomic E-state index is 5.90. The molecular weight excluding hydrogens is 350 g/mol. The SMILES string of the molecule is COc1ccc(C)cc1Nc1cnnc(NCCc2ccc(Cl)cc2)n1. The van der Waals surface area contributed by atoms with E-state index in [9.17, 15) is 0 Å². The molecule has 0 saturated heterocycles. The Kier molecular flexibility index (Phi) is 5.86. The Bertz CT molecular complexity index is 870. The molecule has 0 aliphatic carbocycles. The molecular formula is C19H20ClN5O. The van der Waals surface area contributed by atoms with Crippen LogP contribution in [0.2, 0.25) is 5.02 Å². The van der Waals surface area contributed by atoms with Crippen molar-refractivity contribution >= 4 is 29.1 Å². The molecule has 0 spiro atoms. The second kappa shape index (κ2) is 8.49. The van der Waals surface area contributed by atoms with Gasteiger partial charge in [-0.25, -0.2) is 0 Å². The number of nitrogens with zero attached hydrogens (tertiary/aromatic N) is 3. The first-order valence-corrected chi connectivity index (χ1v) is 8.61. The third kappa shape index (κ3) is 4.83. The molecule has 0 aliphatic rings. The monoisotopic (exact) mass is 369 g/mol. The molecule has 0 unspecified atom stereocenters. The lowest BCUT2D eigenvalue weighted by molar-refractivity contribution is 0.416. The second-order valence-corrected chi connectivity index (χ2v) is 6.23. The van der Waals surface area contributed by atoms with Crippen molar-refractivity contribution in [3.63, 3.8) is 0 Å². The van der Waals surface area contributed by atoms with Crippen molar-refractivity contribution in [3.8, 4) is 5.75 Å². The van der Waals surface area contributed by atoms with Crippen molar-refractivity contribution in [3.05, 3.63) is 64.8 Å². The minimum Gasteiger partial charge on any atom is -0.495 e. The Labute approximate surface area is 157 Å². The first-order chi connectivity index (χ1) is 12.6. The number of ether oxygens (including phenoxy) is 1. The van der Waals surface area contributed by atoms with E-state index in [0.717, 1.165) is 28.4 Å². The fraction of sp³-hybridized carbons (Fsp3) is 0.211. The Hall–Kier alpha value is -2.86. The molecule has 6 nitrogen and oxygen atoms in total. The van der Waals surface area contributed by atoms with Gasteiger partial charge in [0.15, 0.2) is 5.82 Å². The van der Waals surface area contributed by atoms with Gasteiger partial charge in [-0.05, 0) is 48.7 Å². The normalized spacial score (nSPS) is 10.4. The molecule has 3 rings (SSSR count). The molecule has 0 amide bonds. The van der Waals surface area contributed by atoms with Crippen molar-refractivity contribution in [2.75, 3.05) is 24.3 Å². The fourth-order valence-electron chi connectivity index (χ4n) is 2.47. The quantitative estimate of drug-likeness (QED) is 0.649. The van der Waals surface area contributed by atoms with E-state index < -0.39 is 0 Å². The van der Waals surface area contributed by atoms with Gasteiger partial charge < -0.3 is 15.4 Å². The molecule has 0 aliphatic heterocycles. The third-order valence-corrected chi connectivity index (χ3v) is 4.04. The van der Waals surface area contributed by atoms with Gasteiger partial charge in [-0.2, -0.15) is 10.1 Å². The zero-order chi connectivity index (χ0) is 18.4. The molecule has 2 N–H and O–H groups in total. The van der Waals surface area contributed by atoms with Crippen LogP contribution in [-0.4, -0.2) is 28.8 Å². The van der Waals surface area contributed by atoms with Crippen molar-refractivity contribution < 1.29 is 4.74 Å². The van der Waals surface area contributed by atoms with E-state index in [0.29, 0.717) is 18.3 Å². The first kappa shape index (κ1) is 17.9. The van der Waals surface area contributed by atoms with Gasteiger partial charge in [0.25, 0.3) is 0 Å². The summed E-state index contributed by atoms with van der Waals surface area (Å²) in [6, 6.07) is 13.7. The Morgan fingerprint density at radius 1 is 1.12 bits per heavy atom. The van der Waals surface area contributed by atoms with E-state index in [2.05, 4.69) is 25.8 Å². The molecule has 0 saturated carbocycles. The zero-order valence-electron chi connectivity index (χ0n) is 14.7. The van der Waals surface area contributed by atoms with Crippen LogP contribution in [0.15, 0.2) is 48.7 Å². The molecule has 1 aromatic heterocycles. The summed E-state index contributed by atoms with van der Waals surface area (Å²) >= 11 is 5.90. The number of halogens is 1. The molecule has 0 bridgehead atoms. The van der Waals surface area contributed by atoms with Gasteiger partial charge in [-0.3, -0.25) is 0 Å². The van der Waals surface area contributed by atoms with Gasteiger partial charge in [0.05, 0.1) is 19.0 Å². The van der Waals surface area contributed by atoms with E-state index in [1.807, 2.05) is 49.4 Å². The molecule has 7 heteroatoms. The standard InChI is InChI=1S/C19H20ClN5O/c1-13-3-8-17(26-2)16(11-13)23-18-12-22-25-19(24-18)21-10-9-14-4-6-15(20)7-5-14/h3-8,11-12H,9-10H2,1-2H3,(H2,21,23,24,25). The highest BCUT2D eigenvalue weighted by Crippen LogP contribution is 2.27. The zero-order valence-corrected chi connectivity index (χ0v) is 15.4. The van der Waals surface area contributed by atoms with Crippen molar-refractivity contribution in [1.82, 2.24) is 15.2 Å². The van der Waals surface area contributed by atoms with E-state index in [-0.39, 0.29) is 0 Å². The average molecular weight is 370 g/mol. The topological polar surface area (TPSA) is 72.0 Å². The number of anilines is 3. The first-order valence-electron chi connectivity index (χ1n) is 8.24. The fourth-order valence-corrected chi connectivity index (χ4v) is 2.59. The van der Waals surface area contributed by atoms with Crippen LogP contribution in [0, 0.1) is 6.92 Å². The Morgan fingerprint density at radius 3 is 2.69 bits per heavy atom. The summed E-state index contributed by atoms with van der Waals surface area (Å²) in [5.74, 6) is 1.81. The van der Waals surface area contributed by atoms with E-state index in [4.69, 9.17) is 16.3 Å². The number of rotatable bonds is 7. The van der Waals surface area contributed by atoms with Crippen LogP contribution in [0.1, 0.15) is 11.1 Å². The van der Waals surface area contributed by atoms with Gasteiger partial charge in [0, 0.05) is 11.6 Å². The molecule has 3 aromatic rings. The largest absolute Gasteiger partial charge is 0.495 e. The van der Waals surface area contributed by atoms with Gasteiger partial charge >= 0.3 is 0 Å². The lowest BCUT2D eigenvalue weighted by Crippen LogP contribution is -2.09. The van der Waals surface area contributed by atoms with Crippen LogP contribution < -0.4 is 15.4 Å². The lowest BCUT2D eigenvalue weighted by atomic mass is 10.1. The second-order valence-electron chi connectivity index (χ2n) is 5.80. The Morgan fingerprint density at radius 2 is 1.92 bits per heavy atom. The maximum absolute atomic E-state index is 5.90. The van der Waals surface area contributed by atoms with E-state index >= 15 is 0 Å². The summed E-state index contributed by atoms with van der Waals surface area (Å²) in [4.78, 5) is 4.45. The number of methoxy groups -OCH3 is 1. The molecule has 26 heavy (non-hydrogen) atoms. The van der Waals surface area contributed by atoms with E-state index in [1.54, 1.807) is 13.3 Å². The van der Waals surface area contributed by atoms with Gasteiger partial charge in [-0.15, -0.1) is 5.10 Å². The summed E-state index contributed by atoms with van der Waals surface area (Å²) in [6.07, 6.45) is 2.41. The molecule has 2 aromatic carbocycles. The summed E-state index contributed by atoms with van der Waals surface area (Å²) in [5.41, 5.74) is 3.14. The van der Waals surface area contributed by atoms with Crippen LogP contribution in [0.3, 0.4) is 0 Å². The Balaban J connectivity index is 1.63. The highest BCUT2D eigenvalue weighted by molar-refractivity contribution is 6.30. The minimum atomic E-state index is 0.468. The minimum absolute atomic E-state index is 0.468. The van der Waals surface area contributed by atoms with Crippen LogP contribution in [-0.2, 0) is 6.42 Å². The number of nitrogens with one attached hydrogen (secondary N) is 2. The number of hydrogen-bond acceptors (Lipinski definition) is 6. The summed E-state index contributed by atoms with van der Waals surface area (Å²) in [5, 5.41) is 15.2. The van der Waals surface area contributed by atoms with Crippen molar-refractivity contribution in [1.29, 1.82) is 0 Å². The number of aryl methyl sites for hydroxylation is 1. The highest BCUT2D eigenvalue weighted by atomic mass is 35.5.